The standard InChI is InChI=1S/C12H12ClN3O/c1-8-3-4-10(9(13)7-8)17-11-5-6-15-12(14-2)16-11/h3-7H,1-2H3,(H,14,15,16). The Labute approximate surface area is 105 Å². The van der Waals surface area contributed by atoms with Crippen LogP contribution in [0.1, 0.15) is 5.56 Å². The van der Waals surface area contributed by atoms with Crippen LogP contribution >= 0.6 is 11.6 Å². The molecule has 0 aliphatic carbocycles. The van der Waals surface area contributed by atoms with Crippen molar-refractivity contribution in [1.29, 1.82) is 0 Å². The molecule has 2 aromatic rings. The summed E-state index contributed by atoms with van der Waals surface area (Å²) in [6.45, 7) is 1.97. The molecule has 0 fully saturated rings. The van der Waals surface area contributed by atoms with Gasteiger partial charge >= 0.3 is 0 Å². The minimum atomic E-state index is 0.454. The van der Waals surface area contributed by atoms with Crippen LogP contribution in [0.3, 0.4) is 0 Å². The number of nitrogens with one attached hydrogen (secondary N) is 1. The van der Waals surface area contributed by atoms with Crippen LogP contribution in [0.5, 0.6) is 11.6 Å². The Bertz CT molecular complexity index is 531. The zero-order valence-electron chi connectivity index (χ0n) is 9.57. The van der Waals surface area contributed by atoms with E-state index in [9.17, 15) is 0 Å². The molecule has 2 rings (SSSR count). The Morgan fingerprint density at radius 1 is 1.29 bits per heavy atom. The quantitative estimate of drug-likeness (QED) is 0.907. The third-order valence-corrected chi connectivity index (χ3v) is 2.45. The lowest BCUT2D eigenvalue weighted by molar-refractivity contribution is 0.462. The lowest BCUT2D eigenvalue weighted by atomic mass is 10.2. The van der Waals surface area contributed by atoms with Gasteiger partial charge in [-0.05, 0) is 24.6 Å². The zero-order valence-corrected chi connectivity index (χ0v) is 10.3. The van der Waals surface area contributed by atoms with Crippen LogP contribution in [0.2, 0.25) is 5.02 Å². The van der Waals surface area contributed by atoms with Crippen molar-refractivity contribution in [1.82, 2.24) is 9.97 Å². The molecule has 1 aromatic carbocycles. The van der Waals surface area contributed by atoms with Crippen molar-refractivity contribution in [3.05, 3.63) is 41.0 Å². The van der Waals surface area contributed by atoms with Crippen LogP contribution in [0, 0.1) is 6.92 Å². The molecule has 5 heteroatoms. The molecule has 1 N–H and O–H groups in total. The number of aryl methyl sites for hydroxylation is 1. The molecule has 0 aliphatic heterocycles. The first-order chi connectivity index (χ1) is 8.19. The number of rotatable bonds is 3. The highest BCUT2D eigenvalue weighted by atomic mass is 35.5. The molecule has 0 unspecified atom stereocenters. The second kappa shape index (κ2) is 5.01. The molecule has 17 heavy (non-hydrogen) atoms. The lowest BCUT2D eigenvalue weighted by Crippen LogP contribution is -1.97. The summed E-state index contributed by atoms with van der Waals surface area (Å²) in [7, 11) is 1.75. The third-order valence-electron chi connectivity index (χ3n) is 2.16. The topological polar surface area (TPSA) is 47.0 Å². The Morgan fingerprint density at radius 2 is 2.12 bits per heavy atom. The maximum Gasteiger partial charge on any atom is 0.225 e. The van der Waals surface area contributed by atoms with Gasteiger partial charge in [-0.1, -0.05) is 17.7 Å². The number of halogens is 1. The van der Waals surface area contributed by atoms with Gasteiger partial charge in [0.15, 0.2) is 0 Å². The number of hydrogen-bond acceptors (Lipinski definition) is 4. The number of aromatic nitrogens is 2. The molecule has 0 amide bonds. The summed E-state index contributed by atoms with van der Waals surface area (Å²) in [5.74, 6) is 1.54. The van der Waals surface area contributed by atoms with Crippen molar-refractivity contribution in [2.24, 2.45) is 0 Å². The van der Waals surface area contributed by atoms with Gasteiger partial charge < -0.3 is 10.1 Å². The summed E-state index contributed by atoms with van der Waals surface area (Å²) in [4.78, 5) is 8.15. The number of benzene rings is 1. The average Bonchev–Trinajstić information content (AvgIpc) is 2.33. The number of ether oxygens (including phenoxy) is 1. The van der Waals surface area contributed by atoms with Gasteiger partial charge in [-0.3, -0.25) is 0 Å². The fraction of sp³-hybridized carbons (Fsp3) is 0.167. The maximum atomic E-state index is 6.07. The number of anilines is 1. The van der Waals surface area contributed by atoms with Crippen LogP contribution in [-0.2, 0) is 0 Å². The second-order valence-corrected chi connectivity index (χ2v) is 3.91. The number of hydrogen-bond donors (Lipinski definition) is 1. The average molecular weight is 250 g/mol. The molecule has 4 nitrogen and oxygen atoms in total. The Morgan fingerprint density at radius 3 is 2.82 bits per heavy atom. The fourth-order valence-corrected chi connectivity index (χ4v) is 1.59. The van der Waals surface area contributed by atoms with Crippen LogP contribution in [0.15, 0.2) is 30.5 Å². The van der Waals surface area contributed by atoms with E-state index in [4.69, 9.17) is 16.3 Å². The fourth-order valence-electron chi connectivity index (χ4n) is 1.32. The highest BCUT2D eigenvalue weighted by molar-refractivity contribution is 6.32. The summed E-state index contributed by atoms with van der Waals surface area (Å²) in [5.41, 5.74) is 1.08. The third kappa shape index (κ3) is 2.85. The van der Waals surface area contributed by atoms with Crippen molar-refractivity contribution in [3.63, 3.8) is 0 Å². The molecular formula is C12H12ClN3O. The van der Waals surface area contributed by atoms with Gasteiger partial charge in [-0.25, -0.2) is 4.98 Å². The molecule has 0 saturated carbocycles. The molecule has 0 aliphatic rings. The van der Waals surface area contributed by atoms with E-state index in [1.54, 1.807) is 19.3 Å². The van der Waals surface area contributed by atoms with Gasteiger partial charge in [0, 0.05) is 19.3 Å². The monoisotopic (exact) mass is 249 g/mol. The Balaban J connectivity index is 2.25. The molecular weight excluding hydrogens is 238 g/mol. The summed E-state index contributed by atoms with van der Waals surface area (Å²) in [5, 5.41) is 3.41. The molecule has 0 atom stereocenters. The molecule has 1 aromatic heterocycles. The zero-order chi connectivity index (χ0) is 12.3. The number of nitrogens with zero attached hydrogens (tertiary/aromatic N) is 2. The van der Waals surface area contributed by atoms with Crippen molar-refractivity contribution in [2.75, 3.05) is 12.4 Å². The van der Waals surface area contributed by atoms with E-state index in [1.165, 1.54) is 0 Å². The van der Waals surface area contributed by atoms with E-state index in [0.29, 0.717) is 22.6 Å². The summed E-state index contributed by atoms with van der Waals surface area (Å²) in [6.07, 6.45) is 1.62. The summed E-state index contributed by atoms with van der Waals surface area (Å²) < 4.78 is 5.58. The normalized spacial score (nSPS) is 10.1. The predicted molar refractivity (Wildman–Crippen MR) is 67.8 cm³/mol. The van der Waals surface area contributed by atoms with Crippen molar-refractivity contribution in [3.8, 4) is 11.6 Å². The van der Waals surface area contributed by atoms with Gasteiger partial charge in [0.2, 0.25) is 11.8 Å². The Hall–Kier alpha value is -1.81. The van der Waals surface area contributed by atoms with Crippen LogP contribution in [-0.4, -0.2) is 17.0 Å². The summed E-state index contributed by atoms with van der Waals surface area (Å²) >= 11 is 6.07. The lowest BCUT2D eigenvalue weighted by Gasteiger charge is -2.07. The predicted octanol–water partition coefficient (Wildman–Crippen LogP) is 3.27. The maximum absolute atomic E-state index is 6.07. The van der Waals surface area contributed by atoms with Gasteiger partial charge in [0.05, 0.1) is 5.02 Å². The first-order valence-electron chi connectivity index (χ1n) is 5.14. The molecule has 0 radical (unpaired) electrons. The van der Waals surface area contributed by atoms with E-state index in [0.717, 1.165) is 5.56 Å². The van der Waals surface area contributed by atoms with E-state index in [-0.39, 0.29) is 0 Å². The smallest absolute Gasteiger partial charge is 0.225 e. The Kier molecular flexibility index (Phi) is 3.44. The van der Waals surface area contributed by atoms with E-state index < -0.39 is 0 Å². The molecule has 1 heterocycles. The first-order valence-corrected chi connectivity index (χ1v) is 5.51. The van der Waals surface area contributed by atoms with Gasteiger partial charge in [-0.15, -0.1) is 0 Å². The minimum Gasteiger partial charge on any atom is -0.437 e. The largest absolute Gasteiger partial charge is 0.437 e. The van der Waals surface area contributed by atoms with Gasteiger partial charge in [0.25, 0.3) is 0 Å². The van der Waals surface area contributed by atoms with Crippen molar-refractivity contribution in [2.45, 2.75) is 6.92 Å². The van der Waals surface area contributed by atoms with Crippen LogP contribution < -0.4 is 10.1 Å². The van der Waals surface area contributed by atoms with Crippen LogP contribution in [0.4, 0.5) is 5.95 Å². The summed E-state index contributed by atoms with van der Waals surface area (Å²) in [6, 6.07) is 7.27. The highest BCUT2D eigenvalue weighted by Crippen LogP contribution is 2.29. The van der Waals surface area contributed by atoms with Crippen LogP contribution in [0.25, 0.3) is 0 Å². The highest BCUT2D eigenvalue weighted by Gasteiger charge is 2.05. The van der Waals surface area contributed by atoms with Crippen molar-refractivity contribution >= 4 is 17.5 Å². The molecule has 88 valence electrons. The van der Waals surface area contributed by atoms with Crippen molar-refractivity contribution < 1.29 is 4.74 Å². The van der Waals surface area contributed by atoms with Gasteiger partial charge in [0.1, 0.15) is 5.75 Å². The first kappa shape index (κ1) is 11.7. The minimum absolute atomic E-state index is 0.454. The molecule has 0 bridgehead atoms. The SMILES string of the molecule is CNc1nccc(Oc2ccc(C)cc2Cl)n1. The second-order valence-electron chi connectivity index (χ2n) is 3.50. The van der Waals surface area contributed by atoms with E-state index in [2.05, 4.69) is 15.3 Å². The van der Waals surface area contributed by atoms with E-state index >= 15 is 0 Å². The van der Waals surface area contributed by atoms with E-state index in [1.807, 2.05) is 25.1 Å². The molecule has 0 saturated heterocycles. The molecule has 0 spiro atoms. The van der Waals surface area contributed by atoms with Gasteiger partial charge in [-0.2, -0.15) is 4.98 Å².